The summed E-state index contributed by atoms with van der Waals surface area (Å²) in [6.07, 6.45) is 1.99. The number of aromatic amines is 1. The van der Waals surface area contributed by atoms with Crippen molar-refractivity contribution in [1.82, 2.24) is 9.97 Å². The molecule has 21 heavy (non-hydrogen) atoms. The SMILES string of the molecule is CCc1ncc(S(=O)(=O)Nc2ccc(C)c(N(C)C)c2)[nH]1. The second-order valence-electron chi connectivity index (χ2n) is 5.05. The minimum atomic E-state index is -3.64. The van der Waals surface area contributed by atoms with Crippen molar-refractivity contribution in [1.29, 1.82) is 0 Å². The molecule has 1 aromatic carbocycles. The molecule has 0 spiro atoms. The van der Waals surface area contributed by atoms with E-state index in [4.69, 9.17) is 0 Å². The normalized spacial score (nSPS) is 11.4. The average molecular weight is 308 g/mol. The van der Waals surface area contributed by atoms with Gasteiger partial charge in [0, 0.05) is 26.2 Å². The number of aromatic nitrogens is 2. The number of hydrogen-bond acceptors (Lipinski definition) is 4. The molecular weight excluding hydrogens is 288 g/mol. The number of benzene rings is 1. The Balaban J connectivity index is 2.30. The van der Waals surface area contributed by atoms with E-state index in [9.17, 15) is 8.42 Å². The first-order valence-electron chi connectivity index (χ1n) is 6.68. The Kier molecular flexibility index (Phi) is 4.22. The molecule has 0 bridgehead atoms. The summed E-state index contributed by atoms with van der Waals surface area (Å²) in [5.74, 6) is 0.647. The maximum absolute atomic E-state index is 12.3. The van der Waals surface area contributed by atoms with Crippen molar-refractivity contribution in [3.63, 3.8) is 0 Å². The van der Waals surface area contributed by atoms with Crippen molar-refractivity contribution in [2.75, 3.05) is 23.7 Å². The molecule has 1 aromatic heterocycles. The number of nitrogens with one attached hydrogen (secondary N) is 2. The molecule has 0 saturated carbocycles. The highest BCUT2D eigenvalue weighted by Crippen LogP contribution is 2.24. The lowest BCUT2D eigenvalue weighted by Gasteiger charge is -2.17. The second kappa shape index (κ2) is 5.77. The molecule has 2 N–H and O–H groups in total. The van der Waals surface area contributed by atoms with Gasteiger partial charge in [0.15, 0.2) is 5.03 Å². The van der Waals surface area contributed by atoms with Crippen molar-refractivity contribution in [3.8, 4) is 0 Å². The molecule has 114 valence electrons. The van der Waals surface area contributed by atoms with Gasteiger partial charge in [-0.1, -0.05) is 13.0 Å². The summed E-state index contributed by atoms with van der Waals surface area (Å²) in [5.41, 5.74) is 2.57. The third kappa shape index (κ3) is 3.36. The van der Waals surface area contributed by atoms with Gasteiger partial charge in [0.1, 0.15) is 5.82 Å². The number of sulfonamides is 1. The van der Waals surface area contributed by atoms with Crippen LogP contribution in [-0.4, -0.2) is 32.5 Å². The van der Waals surface area contributed by atoms with Crippen LogP contribution in [0.4, 0.5) is 11.4 Å². The maximum atomic E-state index is 12.3. The highest BCUT2D eigenvalue weighted by atomic mass is 32.2. The van der Waals surface area contributed by atoms with Crippen LogP contribution in [0, 0.1) is 6.92 Å². The van der Waals surface area contributed by atoms with Crippen LogP contribution < -0.4 is 9.62 Å². The van der Waals surface area contributed by atoms with Crippen LogP contribution in [-0.2, 0) is 16.4 Å². The molecule has 0 aliphatic rings. The number of aryl methyl sites for hydroxylation is 2. The smallest absolute Gasteiger partial charge is 0.278 e. The zero-order valence-corrected chi connectivity index (χ0v) is 13.5. The third-order valence-electron chi connectivity index (χ3n) is 3.17. The van der Waals surface area contributed by atoms with E-state index < -0.39 is 10.0 Å². The minimum Gasteiger partial charge on any atom is -0.377 e. The molecule has 6 nitrogen and oxygen atoms in total. The van der Waals surface area contributed by atoms with E-state index in [1.807, 2.05) is 45.0 Å². The lowest BCUT2D eigenvalue weighted by Crippen LogP contribution is -2.15. The van der Waals surface area contributed by atoms with E-state index in [0.29, 0.717) is 17.9 Å². The van der Waals surface area contributed by atoms with Crippen LogP contribution in [0.15, 0.2) is 29.4 Å². The van der Waals surface area contributed by atoms with Gasteiger partial charge >= 0.3 is 0 Å². The summed E-state index contributed by atoms with van der Waals surface area (Å²) in [6.45, 7) is 3.89. The minimum absolute atomic E-state index is 0.0753. The zero-order valence-electron chi connectivity index (χ0n) is 12.6. The molecule has 2 aromatic rings. The fraction of sp³-hybridized carbons (Fsp3) is 0.357. The molecule has 0 amide bonds. The molecule has 7 heteroatoms. The van der Waals surface area contributed by atoms with Gasteiger partial charge in [-0.05, 0) is 24.6 Å². The van der Waals surface area contributed by atoms with Crippen LogP contribution in [0.5, 0.6) is 0 Å². The van der Waals surface area contributed by atoms with E-state index in [1.54, 1.807) is 6.07 Å². The van der Waals surface area contributed by atoms with Gasteiger partial charge in [-0.25, -0.2) is 4.98 Å². The van der Waals surface area contributed by atoms with Crippen molar-refractivity contribution in [2.45, 2.75) is 25.3 Å². The summed E-state index contributed by atoms with van der Waals surface area (Å²) in [4.78, 5) is 8.76. The highest BCUT2D eigenvalue weighted by Gasteiger charge is 2.17. The summed E-state index contributed by atoms with van der Waals surface area (Å²) < 4.78 is 27.2. The van der Waals surface area contributed by atoms with E-state index in [0.717, 1.165) is 11.3 Å². The standard InChI is InChI=1S/C14H20N4O2S/c1-5-13-15-9-14(16-13)21(19,20)17-11-7-6-10(2)12(8-11)18(3)4/h6-9,17H,5H2,1-4H3,(H,15,16). The molecular formula is C14H20N4O2S. The van der Waals surface area contributed by atoms with Crippen molar-refractivity contribution < 1.29 is 8.42 Å². The fourth-order valence-electron chi connectivity index (χ4n) is 2.02. The van der Waals surface area contributed by atoms with Crippen molar-refractivity contribution in [3.05, 3.63) is 35.8 Å². The summed E-state index contributed by atoms with van der Waals surface area (Å²) in [7, 11) is 0.195. The van der Waals surface area contributed by atoms with E-state index in [2.05, 4.69) is 14.7 Å². The maximum Gasteiger partial charge on any atom is 0.278 e. The Labute approximate surface area is 125 Å². The van der Waals surface area contributed by atoms with E-state index in [1.165, 1.54) is 6.20 Å². The Morgan fingerprint density at radius 1 is 1.33 bits per heavy atom. The van der Waals surface area contributed by atoms with Gasteiger partial charge in [0.25, 0.3) is 10.0 Å². The van der Waals surface area contributed by atoms with Crippen molar-refractivity contribution >= 4 is 21.4 Å². The Morgan fingerprint density at radius 3 is 2.62 bits per heavy atom. The summed E-state index contributed by atoms with van der Waals surface area (Å²) in [6, 6.07) is 5.44. The molecule has 0 aliphatic heterocycles. The fourth-order valence-corrected chi connectivity index (χ4v) is 3.02. The van der Waals surface area contributed by atoms with Crippen LogP contribution in [0.25, 0.3) is 0 Å². The molecule has 0 saturated heterocycles. The number of nitrogens with zero attached hydrogens (tertiary/aromatic N) is 2. The summed E-state index contributed by atoms with van der Waals surface area (Å²) >= 11 is 0. The molecule has 0 radical (unpaired) electrons. The number of anilines is 2. The van der Waals surface area contributed by atoms with Gasteiger partial charge in [0.2, 0.25) is 0 Å². The Morgan fingerprint density at radius 2 is 2.05 bits per heavy atom. The van der Waals surface area contributed by atoms with Gasteiger partial charge in [0.05, 0.1) is 11.9 Å². The highest BCUT2D eigenvalue weighted by molar-refractivity contribution is 7.92. The predicted molar refractivity (Wildman–Crippen MR) is 84.3 cm³/mol. The number of rotatable bonds is 5. The van der Waals surface area contributed by atoms with Gasteiger partial charge in [-0.15, -0.1) is 0 Å². The molecule has 0 atom stereocenters. The predicted octanol–water partition coefficient (Wildman–Crippen LogP) is 2.15. The number of H-pyrrole nitrogens is 1. The van der Waals surface area contributed by atoms with Crippen LogP contribution in [0.2, 0.25) is 0 Å². The van der Waals surface area contributed by atoms with E-state index >= 15 is 0 Å². The van der Waals surface area contributed by atoms with Crippen LogP contribution in [0.3, 0.4) is 0 Å². The quantitative estimate of drug-likeness (QED) is 0.887. The zero-order chi connectivity index (χ0) is 15.6. The second-order valence-corrected chi connectivity index (χ2v) is 6.70. The topological polar surface area (TPSA) is 78.1 Å². The molecule has 0 aliphatic carbocycles. The van der Waals surface area contributed by atoms with Crippen LogP contribution in [0.1, 0.15) is 18.3 Å². The lowest BCUT2D eigenvalue weighted by molar-refractivity contribution is 0.598. The first-order chi connectivity index (χ1) is 9.83. The van der Waals surface area contributed by atoms with Crippen LogP contribution >= 0.6 is 0 Å². The monoisotopic (exact) mass is 308 g/mol. The van der Waals surface area contributed by atoms with Gasteiger partial charge in [-0.3, -0.25) is 4.72 Å². The van der Waals surface area contributed by atoms with E-state index in [-0.39, 0.29) is 5.03 Å². The molecule has 1 heterocycles. The molecule has 2 rings (SSSR count). The third-order valence-corrected chi connectivity index (χ3v) is 4.46. The Hall–Kier alpha value is -2.02. The molecule has 0 fully saturated rings. The first-order valence-corrected chi connectivity index (χ1v) is 8.16. The Bertz CT molecular complexity index is 735. The number of hydrogen-bond donors (Lipinski definition) is 2. The lowest BCUT2D eigenvalue weighted by atomic mass is 10.2. The first kappa shape index (κ1) is 15.4. The van der Waals surface area contributed by atoms with Gasteiger partial charge in [-0.2, -0.15) is 8.42 Å². The summed E-state index contributed by atoms with van der Waals surface area (Å²) in [5, 5.41) is 0.0753. The van der Waals surface area contributed by atoms with Crippen molar-refractivity contribution in [2.24, 2.45) is 0 Å². The largest absolute Gasteiger partial charge is 0.377 e. The number of imidazole rings is 1. The van der Waals surface area contributed by atoms with Gasteiger partial charge < -0.3 is 9.88 Å². The average Bonchev–Trinajstić information content (AvgIpc) is 2.90. The molecule has 0 unspecified atom stereocenters.